The van der Waals surface area contributed by atoms with E-state index in [0.29, 0.717) is 12.1 Å². The number of rotatable bonds is 5. The molecular weight excluding hydrogens is 398 g/mol. The zero-order valence-electron chi connectivity index (χ0n) is 17.1. The van der Waals surface area contributed by atoms with E-state index in [1.165, 1.54) is 0 Å². The van der Waals surface area contributed by atoms with Crippen molar-refractivity contribution in [1.82, 2.24) is 10.2 Å². The van der Waals surface area contributed by atoms with E-state index in [4.69, 9.17) is 4.74 Å². The quantitative estimate of drug-likeness (QED) is 0.569. The van der Waals surface area contributed by atoms with Gasteiger partial charge in [0, 0.05) is 5.69 Å². The summed E-state index contributed by atoms with van der Waals surface area (Å²) in [6.45, 7) is 0.835. The lowest BCUT2D eigenvalue weighted by Gasteiger charge is -2.33. The molecule has 1 aliphatic heterocycles. The van der Waals surface area contributed by atoms with Crippen molar-refractivity contribution in [2.75, 3.05) is 18.5 Å². The molecule has 0 aromatic heterocycles. The number of imide groups is 1. The number of hydrogen-bond donors (Lipinski definition) is 2. The van der Waals surface area contributed by atoms with Crippen molar-refractivity contribution in [3.8, 4) is 0 Å². The van der Waals surface area contributed by atoms with Gasteiger partial charge in [-0.25, -0.2) is 4.79 Å². The molecule has 1 atom stereocenters. The van der Waals surface area contributed by atoms with Crippen LogP contribution in [0, 0.1) is 6.92 Å². The molecule has 0 saturated carbocycles. The van der Waals surface area contributed by atoms with Gasteiger partial charge < -0.3 is 15.4 Å². The maximum atomic E-state index is 13.2. The largest absolute Gasteiger partial charge is 0.454 e. The molecule has 1 heterocycles. The van der Waals surface area contributed by atoms with Gasteiger partial charge in [-0.1, -0.05) is 36.4 Å². The van der Waals surface area contributed by atoms with Crippen LogP contribution in [0.1, 0.15) is 29.5 Å². The maximum absolute atomic E-state index is 13.2. The number of aryl methyl sites for hydroxylation is 2. The first kappa shape index (κ1) is 20.6. The molecule has 2 aromatic carbocycles. The average Bonchev–Trinajstić information content (AvgIpc) is 2.97. The van der Waals surface area contributed by atoms with Gasteiger partial charge in [0.05, 0.1) is 0 Å². The first-order valence-electron chi connectivity index (χ1n) is 10.1. The molecule has 31 heavy (non-hydrogen) atoms. The van der Waals surface area contributed by atoms with Gasteiger partial charge in [-0.3, -0.25) is 19.3 Å². The second kappa shape index (κ2) is 8.22. The number of nitrogens with zero attached hydrogens (tertiary/aromatic N) is 1. The van der Waals surface area contributed by atoms with Crippen LogP contribution < -0.4 is 10.6 Å². The fraction of sp³-hybridized carbons (Fsp3) is 0.304. The van der Waals surface area contributed by atoms with Crippen LogP contribution in [-0.2, 0) is 31.1 Å². The number of urea groups is 1. The number of hydrogen-bond acceptors (Lipinski definition) is 5. The van der Waals surface area contributed by atoms with Gasteiger partial charge in [-0.15, -0.1) is 0 Å². The van der Waals surface area contributed by atoms with Crippen LogP contribution in [0.2, 0.25) is 0 Å². The number of amides is 4. The number of carbonyl (C=O) groups excluding carboxylic acids is 4. The summed E-state index contributed by atoms with van der Waals surface area (Å²) in [6.07, 6.45) is 2.05. The smallest absolute Gasteiger partial charge is 0.326 e. The van der Waals surface area contributed by atoms with E-state index < -0.39 is 42.5 Å². The lowest BCUT2D eigenvalue weighted by Crippen LogP contribution is -2.46. The minimum absolute atomic E-state index is 0.467. The lowest BCUT2D eigenvalue weighted by molar-refractivity contribution is -0.150. The summed E-state index contributed by atoms with van der Waals surface area (Å²) in [4.78, 5) is 50.8. The molecule has 1 spiro atoms. The Balaban J connectivity index is 1.37. The molecular formula is C23H23N3O5. The van der Waals surface area contributed by atoms with E-state index in [9.17, 15) is 19.2 Å². The Hall–Kier alpha value is -3.68. The van der Waals surface area contributed by atoms with Crippen molar-refractivity contribution in [3.63, 3.8) is 0 Å². The second-order valence-electron chi connectivity index (χ2n) is 7.82. The van der Waals surface area contributed by atoms with E-state index in [0.717, 1.165) is 34.4 Å². The van der Waals surface area contributed by atoms with Gasteiger partial charge in [-0.2, -0.15) is 0 Å². The van der Waals surface area contributed by atoms with Crippen molar-refractivity contribution in [2.24, 2.45) is 0 Å². The lowest BCUT2D eigenvalue weighted by atomic mass is 9.76. The zero-order valence-corrected chi connectivity index (χ0v) is 17.1. The summed E-state index contributed by atoms with van der Waals surface area (Å²) in [5, 5.41) is 5.41. The highest BCUT2D eigenvalue weighted by Crippen LogP contribution is 2.39. The van der Waals surface area contributed by atoms with Crippen molar-refractivity contribution in [1.29, 1.82) is 0 Å². The third kappa shape index (κ3) is 4.01. The maximum Gasteiger partial charge on any atom is 0.326 e. The molecule has 160 valence electrons. The van der Waals surface area contributed by atoms with E-state index >= 15 is 0 Å². The second-order valence-corrected chi connectivity index (χ2v) is 7.82. The van der Waals surface area contributed by atoms with Crippen LogP contribution in [0.3, 0.4) is 0 Å². The van der Waals surface area contributed by atoms with Crippen molar-refractivity contribution < 1.29 is 23.9 Å². The Kier molecular flexibility index (Phi) is 5.46. The summed E-state index contributed by atoms with van der Waals surface area (Å²) in [6, 6.07) is 14.1. The SMILES string of the molecule is Cc1cccc(NC(=O)COC(=O)CN2C(=O)N[C@@]3(CCCc4ccccc43)C2=O)c1. The Morgan fingerprint density at radius 3 is 2.77 bits per heavy atom. The molecule has 1 fully saturated rings. The summed E-state index contributed by atoms with van der Waals surface area (Å²) in [7, 11) is 0. The normalized spacial score (nSPS) is 19.7. The van der Waals surface area contributed by atoms with Gasteiger partial charge in [-0.05, 0) is 55.0 Å². The summed E-state index contributed by atoms with van der Waals surface area (Å²) >= 11 is 0. The molecule has 0 unspecified atom stereocenters. The van der Waals surface area contributed by atoms with Gasteiger partial charge in [0.15, 0.2) is 6.61 Å². The molecule has 2 N–H and O–H groups in total. The van der Waals surface area contributed by atoms with Crippen LogP contribution in [0.4, 0.5) is 10.5 Å². The molecule has 2 aliphatic rings. The number of carbonyl (C=O) groups is 4. The average molecular weight is 421 g/mol. The highest BCUT2D eigenvalue weighted by molar-refractivity contribution is 6.09. The highest BCUT2D eigenvalue weighted by atomic mass is 16.5. The number of nitrogens with one attached hydrogen (secondary N) is 2. The minimum Gasteiger partial charge on any atom is -0.454 e. The van der Waals surface area contributed by atoms with E-state index in [-0.39, 0.29) is 0 Å². The summed E-state index contributed by atoms with van der Waals surface area (Å²) < 4.78 is 4.99. The molecule has 1 aliphatic carbocycles. The Morgan fingerprint density at radius 2 is 1.97 bits per heavy atom. The van der Waals surface area contributed by atoms with E-state index in [1.807, 2.05) is 37.3 Å². The molecule has 8 nitrogen and oxygen atoms in total. The number of benzene rings is 2. The first-order valence-corrected chi connectivity index (χ1v) is 10.1. The van der Waals surface area contributed by atoms with Crippen LogP contribution in [0.15, 0.2) is 48.5 Å². The fourth-order valence-corrected chi connectivity index (χ4v) is 4.20. The van der Waals surface area contributed by atoms with Crippen LogP contribution in [-0.4, -0.2) is 41.9 Å². The Bertz CT molecular complexity index is 1070. The van der Waals surface area contributed by atoms with Crippen molar-refractivity contribution in [3.05, 3.63) is 65.2 Å². The van der Waals surface area contributed by atoms with Gasteiger partial charge in [0.1, 0.15) is 12.1 Å². The molecule has 8 heteroatoms. The van der Waals surface area contributed by atoms with E-state index in [1.54, 1.807) is 18.2 Å². The van der Waals surface area contributed by atoms with Crippen LogP contribution in [0.25, 0.3) is 0 Å². The van der Waals surface area contributed by atoms with Crippen molar-refractivity contribution >= 4 is 29.5 Å². The summed E-state index contributed by atoms with van der Waals surface area (Å²) in [5.41, 5.74) is 2.21. The molecule has 4 rings (SSSR count). The third-order valence-electron chi connectivity index (χ3n) is 5.60. The van der Waals surface area contributed by atoms with Gasteiger partial charge in [0.25, 0.3) is 11.8 Å². The first-order chi connectivity index (χ1) is 14.9. The molecule has 4 amide bonds. The molecule has 0 radical (unpaired) electrons. The predicted octanol–water partition coefficient (Wildman–Crippen LogP) is 2.26. The number of ether oxygens (including phenoxy) is 1. The highest BCUT2D eigenvalue weighted by Gasteiger charge is 2.54. The van der Waals surface area contributed by atoms with Gasteiger partial charge >= 0.3 is 12.0 Å². The Morgan fingerprint density at radius 1 is 1.16 bits per heavy atom. The van der Waals surface area contributed by atoms with E-state index in [2.05, 4.69) is 10.6 Å². The van der Waals surface area contributed by atoms with Crippen LogP contribution >= 0.6 is 0 Å². The number of esters is 1. The molecule has 2 aromatic rings. The summed E-state index contributed by atoms with van der Waals surface area (Å²) in [5.74, 6) is -1.80. The molecule has 0 bridgehead atoms. The number of fused-ring (bicyclic) bond motifs is 2. The zero-order chi connectivity index (χ0) is 22.0. The Labute approximate surface area is 179 Å². The topological polar surface area (TPSA) is 105 Å². The monoisotopic (exact) mass is 421 g/mol. The van der Waals surface area contributed by atoms with Crippen LogP contribution in [0.5, 0.6) is 0 Å². The fourth-order valence-electron chi connectivity index (χ4n) is 4.20. The predicted molar refractivity (Wildman–Crippen MR) is 112 cm³/mol. The third-order valence-corrected chi connectivity index (χ3v) is 5.60. The standard InChI is InChI=1S/C23H23N3O5/c1-15-6-4-9-17(12-15)24-19(27)14-31-20(28)13-26-21(29)23(25-22(26)30)11-5-8-16-7-2-3-10-18(16)23/h2-4,6-7,9-10,12H,5,8,11,13-14H2,1H3,(H,24,27)(H,25,30)/t23-/m1/s1. The van der Waals surface area contributed by atoms with Gasteiger partial charge in [0.2, 0.25) is 0 Å². The number of anilines is 1. The minimum atomic E-state index is -1.14. The molecule has 1 saturated heterocycles. The van der Waals surface area contributed by atoms with Crippen molar-refractivity contribution in [2.45, 2.75) is 31.7 Å².